The van der Waals surface area contributed by atoms with E-state index in [0.717, 1.165) is 0 Å². The van der Waals surface area contributed by atoms with Crippen LogP contribution in [0.2, 0.25) is 5.15 Å². The Balaban J connectivity index is 3.49. The molecule has 0 aromatic carbocycles. The molecule has 0 spiro atoms. The van der Waals surface area contributed by atoms with E-state index < -0.39 is 15.6 Å². The molecule has 0 aliphatic heterocycles. The first-order chi connectivity index (χ1) is 6.88. The van der Waals surface area contributed by atoms with Gasteiger partial charge in [0.15, 0.2) is 15.6 Å². The molecule has 1 aromatic heterocycles. The fraction of sp³-hybridized carbons (Fsp3) is 0.333. The van der Waals surface area contributed by atoms with Crippen molar-refractivity contribution in [2.75, 3.05) is 5.75 Å². The van der Waals surface area contributed by atoms with Gasteiger partial charge in [0, 0.05) is 6.92 Å². The summed E-state index contributed by atoms with van der Waals surface area (Å²) in [5.74, 6) is -0.485. The highest BCUT2D eigenvalue weighted by atomic mass is 35.5. The van der Waals surface area contributed by atoms with E-state index in [1.54, 1.807) is 0 Å². The number of pyridine rings is 1. The van der Waals surface area contributed by atoms with Crippen molar-refractivity contribution < 1.29 is 13.2 Å². The quantitative estimate of drug-likeness (QED) is 0.603. The summed E-state index contributed by atoms with van der Waals surface area (Å²) < 4.78 is 23.2. The number of hydrogen-bond acceptors (Lipinski definition) is 4. The molecule has 0 aliphatic carbocycles. The lowest BCUT2D eigenvalue weighted by Crippen LogP contribution is -2.11. The molecule has 0 unspecified atom stereocenters. The molecular weight excluding hydrogens is 238 g/mol. The Morgan fingerprint density at radius 2 is 2.07 bits per heavy atom. The fourth-order valence-electron chi connectivity index (χ4n) is 1.08. The molecule has 0 fully saturated rings. The van der Waals surface area contributed by atoms with Gasteiger partial charge in [-0.1, -0.05) is 18.5 Å². The van der Waals surface area contributed by atoms with Gasteiger partial charge in [-0.15, -0.1) is 0 Å². The Bertz CT molecular complexity index is 496. The normalized spacial score (nSPS) is 11.4. The third-order valence-corrected chi connectivity index (χ3v) is 3.84. The smallest absolute Gasteiger partial charge is 0.180 e. The van der Waals surface area contributed by atoms with Gasteiger partial charge in [-0.3, -0.25) is 4.79 Å². The van der Waals surface area contributed by atoms with Gasteiger partial charge in [-0.2, -0.15) is 0 Å². The van der Waals surface area contributed by atoms with Crippen molar-refractivity contribution in [3.63, 3.8) is 0 Å². The van der Waals surface area contributed by atoms with Crippen molar-refractivity contribution in [1.29, 1.82) is 0 Å². The number of carbonyl (C=O) groups excluding carboxylic acids is 1. The third kappa shape index (κ3) is 2.54. The molecule has 0 aliphatic rings. The Morgan fingerprint density at radius 1 is 1.47 bits per heavy atom. The SMILES string of the molecule is CCS(=O)(=O)c1ccc(Cl)nc1C(C)=O. The lowest BCUT2D eigenvalue weighted by Gasteiger charge is -2.05. The minimum atomic E-state index is -3.43. The number of hydrogen-bond donors (Lipinski definition) is 0. The maximum absolute atomic E-state index is 11.6. The summed E-state index contributed by atoms with van der Waals surface area (Å²) in [6.07, 6.45) is 0. The molecule has 15 heavy (non-hydrogen) atoms. The Kier molecular flexibility index (Phi) is 3.46. The topological polar surface area (TPSA) is 64.1 Å². The molecule has 6 heteroatoms. The van der Waals surface area contributed by atoms with E-state index in [1.807, 2.05) is 0 Å². The van der Waals surface area contributed by atoms with Gasteiger partial charge < -0.3 is 0 Å². The highest BCUT2D eigenvalue weighted by Crippen LogP contribution is 2.18. The van der Waals surface area contributed by atoms with Gasteiger partial charge in [0.25, 0.3) is 0 Å². The second-order valence-corrected chi connectivity index (χ2v) is 5.57. The number of halogens is 1. The summed E-state index contributed by atoms with van der Waals surface area (Å²) in [5.41, 5.74) is -0.0932. The predicted molar refractivity (Wildman–Crippen MR) is 57.0 cm³/mol. The van der Waals surface area contributed by atoms with Crippen molar-refractivity contribution in [3.8, 4) is 0 Å². The summed E-state index contributed by atoms with van der Waals surface area (Å²) in [4.78, 5) is 14.9. The number of carbonyl (C=O) groups is 1. The highest BCUT2D eigenvalue weighted by molar-refractivity contribution is 7.91. The zero-order valence-electron chi connectivity index (χ0n) is 8.32. The first kappa shape index (κ1) is 12.1. The largest absolute Gasteiger partial charge is 0.293 e. The summed E-state index contributed by atoms with van der Waals surface area (Å²) in [7, 11) is -3.43. The monoisotopic (exact) mass is 247 g/mol. The minimum Gasteiger partial charge on any atom is -0.293 e. The standard InChI is InChI=1S/C9H10ClNO3S/c1-3-15(13,14)7-4-5-8(10)11-9(7)6(2)12/h4-5H,3H2,1-2H3. The van der Waals surface area contributed by atoms with Crippen molar-refractivity contribution in [2.45, 2.75) is 18.7 Å². The van der Waals surface area contributed by atoms with E-state index >= 15 is 0 Å². The van der Waals surface area contributed by atoms with Crippen molar-refractivity contribution in [2.24, 2.45) is 0 Å². The van der Waals surface area contributed by atoms with Crippen LogP contribution >= 0.6 is 11.6 Å². The van der Waals surface area contributed by atoms with Crippen molar-refractivity contribution >= 4 is 27.2 Å². The third-order valence-electron chi connectivity index (χ3n) is 1.87. The van der Waals surface area contributed by atoms with Crippen LogP contribution in [-0.4, -0.2) is 24.9 Å². The minimum absolute atomic E-state index is 0.0538. The van der Waals surface area contributed by atoms with Crippen LogP contribution in [0.25, 0.3) is 0 Å². The summed E-state index contributed by atoms with van der Waals surface area (Å²) in [6, 6.07) is 2.67. The van der Waals surface area contributed by atoms with Gasteiger partial charge in [-0.05, 0) is 12.1 Å². The average Bonchev–Trinajstić information content (AvgIpc) is 2.17. The second-order valence-electron chi connectivity index (χ2n) is 2.94. The van der Waals surface area contributed by atoms with Gasteiger partial charge in [0.2, 0.25) is 0 Å². The van der Waals surface area contributed by atoms with Gasteiger partial charge in [0.05, 0.1) is 10.6 Å². The summed E-state index contributed by atoms with van der Waals surface area (Å²) in [5, 5.41) is 0.107. The highest BCUT2D eigenvalue weighted by Gasteiger charge is 2.20. The zero-order chi connectivity index (χ0) is 11.6. The molecule has 0 N–H and O–H groups in total. The van der Waals surface area contributed by atoms with Gasteiger partial charge >= 0.3 is 0 Å². The molecule has 1 heterocycles. The van der Waals surface area contributed by atoms with E-state index in [-0.39, 0.29) is 21.5 Å². The molecule has 1 aromatic rings. The number of Topliss-reactive ketones (excluding diaryl/α,β-unsaturated/α-hetero) is 1. The Labute approximate surface area is 93.2 Å². The van der Waals surface area contributed by atoms with Crippen LogP contribution in [0.1, 0.15) is 24.3 Å². The molecular formula is C9H10ClNO3S. The van der Waals surface area contributed by atoms with E-state index in [2.05, 4.69) is 4.98 Å². The molecule has 0 atom stereocenters. The lowest BCUT2D eigenvalue weighted by atomic mass is 10.3. The predicted octanol–water partition coefficient (Wildman–Crippen LogP) is 1.73. The first-order valence-electron chi connectivity index (χ1n) is 4.28. The van der Waals surface area contributed by atoms with E-state index in [4.69, 9.17) is 11.6 Å². The summed E-state index contributed by atoms with van der Waals surface area (Å²) >= 11 is 5.60. The van der Waals surface area contributed by atoms with Crippen molar-refractivity contribution in [3.05, 3.63) is 23.0 Å². The van der Waals surface area contributed by atoms with Crippen LogP contribution in [0.15, 0.2) is 17.0 Å². The lowest BCUT2D eigenvalue weighted by molar-refractivity contribution is 0.100. The van der Waals surface area contributed by atoms with Crippen LogP contribution in [-0.2, 0) is 9.84 Å². The zero-order valence-corrected chi connectivity index (χ0v) is 9.89. The maximum atomic E-state index is 11.6. The Morgan fingerprint density at radius 3 is 2.53 bits per heavy atom. The van der Waals surface area contributed by atoms with Crippen LogP contribution < -0.4 is 0 Å². The molecule has 1 rings (SSSR count). The first-order valence-corrected chi connectivity index (χ1v) is 6.31. The second kappa shape index (κ2) is 4.28. The molecule has 0 bridgehead atoms. The maximum Gasteiger partial charge on any atom is 0.180 e. The van der Waals surface area contributed by atoms with Crippen LogP contribution in [0.5, 0.6) is 0 Å². The summed E-state index contributed by atoms with van der Waals surface area (Å²) in [6.45, 7) is 2.77. The Hall–Kier alpha value is -0.940. The average molecular weight is 248 g/mol. The van der Waals surface area contributed by atoms with E-state index in [9.17, 15) is 13.2 Å². The van der Waals surface area contributed by atoms with Crippen LogP contribution in [0.3, 0.4) is 0 Å². The molecule has 0 saturated heterocycles. The molecule has 0 radical (unpaired) electrons. The number of sulfone groups is 1. The molecule has 82 valence electrons. The van der Waals surface area contributed by atoms with Crippen LogP contribution in [0, 0.1) is 0 Å². The van der Waals surface area contributed by atoms with E-state index in [1.165, 1.54) is 26.0 Å². The number of nitrogens with zero attached hydrogens (tertiary/aromatic N) is 1. The van der Waals surface area contributed by atoms with Crippen molar-refractivity contribution in [1.82, 2.24) is 4.98 Å². The molecule has 4 nitrogen and oxygen atoms in total. The number of ketones is 1. The van der Waals surface area contributed by atoms with E-state index in [0.29, 0.717) is 0 Å². The van der Waals surface area contributed by atoms with Gasteiger partial charge in [-0.25, -0.2) is 13.4 Å². The van der Waals surface area contributed by atoms with Gasteiger partial charge in [0.1, 0.15) is 10.8 Å². The number of aromatic nitrogens is 1. The molecule has 0 amide bonds. The number of rotatable bonds is 3. The molecule has 0 saturated carbocycles. The fourth-order valence-corrected chi connectivity index (χ4v) is 2.30. The van der Waals surface area contributed by atoms with Crippen LogP contribution in [0.4, 0.5) is 0 Å².